The lowest BCUT2D eigenvalue weighted by molar-refractivity contribution is -0.152. The molecule has 0 aromatic heterocycles. The molecule has 0 aliphatic rings. The number of alkyl halides is 3. The number of carbonyl (C=O) groups is 1. The molecule has 5 heteroatoms. The first kappa shape index (κ1) is 9.82. The van der Waals surface area contributed by atoms with Crippen LogP contribution in [-0.4, -0.2) is 18.8 Å². The standard InChI is InChI=1S/C6H5F3O2/c1-2-6(8,9)3-5(10)11-4-7/h1H,3-4H2. The molecule has 2 nitrogen and oxygen atoms in total. The molecule has 0 fully saturated rings. The van der Waals surface area contributed by atoms with E-state index in [4.69, 9.17) is 0 Å². The Morgan fingerprint density at radius 1 is 1.64 bits per heavy atom. The van der Waals surface area contributed by atoms with Gasteiger partial charge in [0.15, 0.2) is 0 Å². The van der Waals surface area contributed by atoms with Crippen molar-refractivity contribution in [1.29, 1.82) is 0 Å². The van der Waals surface area contributed by atoms with Crippen molar-refractivity contribution in [1.82, 2.24) is 0 Å². The lowest BCUT2D eigenvalue weighted by atomic mass is 10.2. The van der Waals surface area contributed by atoms with Crippen LogP contribution in [0, 0.1) is 12.3 Å². The SMILES string of the molecule is C#CC(F)(F)CC(=O)OCF. The number of esters is 1. The Morgan fingerprint density at radius 3 is 2.55 bits per heavy atom. The molecule has 0 aromatic rings. The van der Waals surface area contributed by atoms with Crippen molar-refractivity contribution in [2.75, 3.05) is 6.86 Å². The minimum atomic E-state index is -3.55. The molecule has 0 aliphatic heterocycles. The van der Waals surface area contributed by atoms with E-state index in [9.17, 15) is 18.0 Å². The van der Waals surface area contributed by atoms with Gasteiger partial charge >= 0.3 is 11.9 Å². The van der Waals surface area contributed by atoms with Gasteiger partial charge in [-0.05, 0) is 5.92 Å². The van der Waals surface area contributed by atoms with E-state index in [2.05, 4.69) is 11.2 Å². The van der Waals surface area contributed by atoms with Crippen LogP contribution in [0.1, 0.15) is 6.42 Å². The van der Waals surface area contributed by atoms with E-state index < -0.39 is 25.2 Å². The summed E-state index contributed by atoms with van der Waals surface area (Å²) < 4.78 is 38.9. The molecule has 0 N–H and O–H groups in total. The lowest BCUT2D eigenvalue weighted by Gasteiger charge is -2.06. The molecule has 11 heavy (non-hydrogen) atoms. The summed E-state index contributed by atoms with van der Waals surface area (Å²) in [6, 6.07) is 0. The van der Waals surface area contributed by atoms with Gasteiger partial charge in [0, 0.05) is 0 Å². The first-order chi connectivity index (χ1) is 5.02. The van der Waals surface area contributed by atoms with Gasteiger partial charge in [0.05, 0.1) is 0 Å². The van der Waals surface area contributed by atoms with Crippen molar-refractivity contribution in [2.45, 2.75) is 12.3 Å². The summed E-state index contributed by atoms with van der Waals surface area (Å²) in [6.07, 6.45) is 3.06. The van der Waals surface area contributed by atoms with Gasteiger partial charge < -0.3 is 4.74 Å². The molecule has 0 amide bonds. The van der Waals surface area contributed by atoms with Gasteiger partial charge in [0.1, 0.15) is 6.42 Å². The third-order valence-corrected chi connectivity index (χ3v) is 0.793. The van der Waals surface area contributed by atoms with E-state index in [-0.39, 0.29) is 0 Å². The maximum absolute atomic E-state index is 12.1. The van der Waals surface area contributed by atoms with E-state index in [1.54, 1.807) is 0 Å². The van der Waals surface area contributed by atoms with Gasteiger partial charge in [-0.25, -0.2) is 4.39 Å². The van der Waals surface area contributed by atoms with Gasteiger partial charge in [-0.3, -0.25) is 4.79 Å². The van der Waals surface area contributed by atoms with Crippen LogP contribution in [0.15, 0.2) is 0 Å². The van der Waals surface area contributed by atoms with Crippen LogP contribution in [-0.2, 0) is 9.53 Å². The Labute approximate surface area is 61.3 Å². The molecular weight excluding hydrogens is 161 g/mol. The fraction of sp³-hybridized carbons (Fsp3) is 0.500. The predicted molar refractivity (Wildman–Crippen MR) is 30.5 cm³/mol. The Hall–Kier alpha value is -1.18. The largest absolute Gasteiger partial charge is 0.434 e. The van der Waals surface area contributed by atoms with Gasteiger partial charge in [0.25, 0.3) is 0 Å². The molecule has 0 atom stereocenters. The fourth-order valence-corrected chi connectivity index (χ4v) is 0.344. The zero-order valence-electron chi connectivity index (χ0n) is 5.44. The molecule has 0 aliphatic carbocycles. The van der Waals surface area contributed by atoms with Gasteiger partial charge in [-0.15, -0.1) is 6.42 Å². The van der Waals surface area contributed by atoms with Crippen LogP contribution < -0.4 is 0 Å². The zero-order chi connectivity index (χ0) is 8.91. The number of hydrogen-bond acceptors (Lipinski definition) is 2. The topological polar surface area (TPSA) is 26.3 Å². The van der Waals surface area contributed by atoms with E-state index in [0.29, 0.717) is 0 Å². The molecule has 0 aromatic carbocycles. The van der Waals surface area contributed by atoms with Crippen molar-refractivity contribution in [3.05, 3.63) is 0 Å². The number of carbonyl (C=O) groups excluding carboxylic acids is 1. The normalized spacial score (nSPS) is 10.4. The molecule has 0 spiro atoms. The maximum atomic E-state index is 12.1. The second-order valence-electron chi connectivity index (χ2n) is 1.65. The molecular formula is C6H5F3O2. The minimum Gasteiger partial charge on any atom is -0.434 e. The molecule has 0 unspecified atom stereocenters. The molecule has 0 rings (SSSR count). The number of ether oxygens (including phenoxy) is 1. The highest BCUT2D eigenvalue weighted by Crippen LogP contribution is 2.16. The highest BCUT2D eigenvalue weighted by atomic mass is 19.3. The van der Waals surface area contributed by atoms with Crippen molar-refractivity contribution in [3.8, 4) is 12.3 Å². The second-order valence-corrected chi connectivity index (χ2v) is 1.65. The summed E-state index contributed by atoms with van der Waals surface area (Å²) in [5.74, 6) is -3.83. The molecule has 0 saturated heterocycles. The summed E-state index contributed by atoms with van der Waals surface area (Å²) in [7, 11) is 0. The third kappa shape index (κ3) is 4.25. The highest BCUT2D eigenvalue weighted by Gasteiger charge is 2.30. The van der Waals surface area contributed by atoms with Crippen molar-refractivity contribution in [3.63, 3.8) is 0 Å². The Morgan fingerprint density at radius 2 is 2.18 bits per heavy atom. The van der Waals surface area contributed by atoms with Crippen LogP contribution in [0.4, 0.5) is 13.2 Å². The number of hydrogen-bond donors (Lipinski definition) is 0. The maximum Gasteiger partial charge on any atom is 0.318 e. The minimum absolute atomic E-state index is 1.07. The van der Waals surface area contributed by atoms with Crippen LogP contribution >= 0.6 is 0 Å². The van der Waals surface area contributed by atoms with E-state index in [0.717, 1.165) is 5.92 Å². The average Bonchev–Trinajstić information content (AvgIpc) is 1.87. The molecule has 0 radical (unpaired) electrons. The van der Waals surface area contributed by atoms with Gasteiger partial charge in [-0.1, -0.05) is 0 Å². The second kappa shape index (κ2) is 3.86. The number of terminal acetylenes is 1. The highest BCUT2D eigenvalue weighted by molar-refractivity contribution is 5.70. The van der Waals surface area contributed by atoms with Crippen LogP contribution in [0.5, 0.6) is 0 Å². The molecule has 62 valence electrons. The van der Waals surface area contributed by atoms with E-state index in [1.807, 2.05) is 0 Å². The summed E-state index contributed by atoms with van der Waals surface area (Å²) in [5, 5.41) is 0. The van der Waals surface area contributed by atoms with Gasteiger partial charge in [-0.2, -0.15) is 8.78 Å². The zero-order valence-corrected chi connectivity index (χ0v) is 5.44. The van der Waals surface area contributed by atoms with Crippen LogP contribution in [0.25, 0.3) is 0 Å². The van der Waals surface area contributed by atoms with Crippen molar-refractivity contribution in [2.24, 2.45) is 0 Å². The monoisotopic (exact) mass is 166 g/mol. The Kier molecular flexibility index (Phi) is 3.45. The molecule has 0 bridgehead atoms. The van der Waals surface area contributed by atoms with Gasteiger partial charge in [0.2, 0.25) is 6.86 Å². The molecule has 0 saturated carbocycles. The van der Waals surface area contributed by atoms with Crippen LogP contribution in [0.2, 0.25) is 0 Å². The smallest absolute Gasteiger partial charge is 0.318 e. The third-order valence-electron chi connectivity index (χ3n) is 0.793. The predicted octanol–water partition coefficient (Wildman–Crippen LogP) is 1.12. The summed E-state index contributed by atoms with van der Waals surface area (Å²) in [6.45, 7) is -1.42. The first-order valence-electron chi connectivity index (χ1n) is 2.59. The number of halogens is 3. The number of rotatable bonds is 3. The summed E-state index contributed by atoms with van der Waals surface area (Å²) >= 11 is 0. The summed E-state index contributed by atoms with van der Waals surface area (Å²) in [4.78, 5) is 10.2. The average molecular weight is 166 g/mol. The van der Waals surface area contributed by atoms with E-state index in [1.165, 1.54) is 0 Å². The first-order valence-corrected chi connectivity index (χ1v) is 2.59. The Bertz CT molecular complexity index is 183. The van der Waals surface area contributed by atoms with Crippen molar-refractivity contribution >= 4 is 5.97 Å². The fourth-order valence-electron chi connectivity index (χ4n) is 0.344. The Balaban J connectivity index is 3.86. The quantitative estimate of drug-likeness (QED) is 0.463. The van der Waals surface area contributed by atoms with Crippen molar-refractivity contribution < 1.29 is 22.7 Å². The van der Waals surface area contributed by atoms with E-state index >= 15 is 0 Å². The lowest BCUT2D eigenvalue weighted by Crippen LogP contribution is -2.20. The van der Waals surface area contributed by atoms with Crippen LogP contribution in [0.3, 0.4) is 0 Å². The molecule has 0 heterocycles. The summed E-state index contributed by atoms with van der Waals surface area (Å²) in [5.41, 5.74) is 0.